The van der Waals surface area contributed by atoms with Crippen molar-refractivity contribution in [1.82, 2.24) is 9.88 Å². The highest BCUT2D eigenvalue weighted by atomic mass is 79.9. The molecule has 5 nitrogen and oxygen atoms in total. The van der Waals surface area contributed by atoms with Gasteiger partial charge in [0.2, 0.25) is 5.56 Å². The molecule has 0 fully saturated rings. The van der Waals surface area contributed by atoms with Crippen LogP contribution in [0.1, 0.15) is 17.3 Å². The monoisotopic (exact) mass is 338 g/mol. The predicted molar refractivity (Wildman–Crippen MR) is 80.9 cm³/mol. The number of likely N-dealkylation sites (N-methyl/N-ethyl adjacent to an activating group) is 1. The second-order valence-corrected chi connectivity index (χ2v) is 5.60. The fourth-order valence-corrected chi connectivity index (χ4v) is 2.28. The smallest absolute Gasteiger partial charge is 0.254 e. The normalized spacial score (nSPS) is 12.4. The molecule has 2 N–H and O–H groups in total. The van der Waals surface area contributed by atoms with E-state index in [-0.39, 0.29) is 24.1 Å². The Labute approximate surface area is 124 Å². The van der Waals surface area contributed by atoms with Gasteiger partial charge in [-0.15, -0.1) is 0 Å². The van der Waals surface area contributed by atoms with Crippen molar-refractivity contribution in [2.45, 2.75) is 13.0 Å². The largest absolute Gasteiger partial charge is 0.394 e. The third kappa shape index (κ3) is 2.76. The number of aromatic amines is 1. The van der Waals surface area contributed by atoms with E-state index in [1.165, 1.54) is 11.0 Å². The summed E-state index contributed by atoms with van der Waals surface area (Å²) >= 11 is 3.36. The Kier molecular flexibility index (Phi) is 4.25. The van der Waals surface area contributed by atoms with Crippen molar-refractivity contribution in [2.75, 3.05) is 13.7 Å². The van der Waals surface area contributed by atoms with Crippen LogP contribution < -0.4 is 5.56 Å². The van der Waals surface area contributed by atoms with Crippen molar-refractivity contribution in [3.05, 3.63) is 44.7 Å². The number of carbonyl (C=O) groups is 1. The number of amides is 1. The highest BCUT2D eigenvalue weighted by Crippen LogP contribution is 2.21. The first-order valence-electron chi connectivity index (χ1n) is 6.14. The van der Waals surface area contributed by atoms with E-state index in [0.29, 0.717) is 16.5 Å². The Morgan fingerprint density at radius 3 is 2.80 bits per heavy atom. The average molecular weight is 339 g/mol. The van der Waals surface area contributed by atoms with Crippen LogP contribution in [0.4, 0.5) is 0 Å². The van der Waals surface area contributed by atoms with Crippen LogP contribution in [0.5, 0.6) is 0 Å². The van der Waals surface area contributed by atoms with Gasteiger partial charge >= 0.3 is 0 Å². The number of H-pyrrole nitrogens is 1. The predicted octanol–water partition coefficient (Wildman–Crippen LogP) is 1.74. The van der Waals surface area contributed by atoms with Crippen molar-refractivity contribution >= 4 is 32.7 Å². The van der Waals surface area contributed by atoms with Crippen molar-refractivity contribution in [1.29, 1.82) is 0 Å². The number of benzene rings is 1. The van der Waals surface area contributed by atoms with E-state index in [1.54, 1.807) is 32.2 Å². The van der Waals surface area contributed by atoms with Crippen LogP contribution >= 0.6 is 15.9 Å². The highest BCUT2D eigenvalue weighted by Gasteiger charge is 2.19. The first-order valence-corrected chi connectivity index (χ1v) is 6.94. The van der Waals surface area contributed by atoms with Gasteiger partial charge in [0.1, 0.15) is 0 Å². The quantitative estimate of drug-likeness (QED) is 0.895. The van der Waals surface area contributed by atoms with Crippen LogP contribution in [0, 0.1) is 0 Å². The average Bonchev–Trinajstić information content (AvgIpc) is 2.44. The van der Waals surface area contributed by atoms with E-state index >= 15 is 0 Å². The molecule has 0 aliphatic heterocycles. The number of aliphatic hydroxyl groups excluding tert-OH is 1. The molecule has 6 heteroatoms. The summed E-state index contributed by atoms with van der Waals surface area (Å²) in [6.07, 6.45) is 0. The molecule has 0 aliphatic carbocycles. The van der Waals surface area contributed by atoms with Gasteiger partial charge in [0.15, 0.2) is 0 Å². The van der Waals surface area contributed by atoms with Gasteiger partial charge in [-0.2, -0.15) is 0 Å². The van der Waals surface area contributed by atoms with Gasteiger partial charge in [0.25, 0.3) is 5.91 Å². The van der Waals surface area contributed by atoms with Gasteiger partial charge in [-0.3, -0.25) is 9.59 Å². The van der Waals surface area contributed by atoms with Crippen molar-refractivity contribution in [3.8, 4) is 0 Å². The lowest BCUT2D eigenvalue weighted by atomic mass is 10.1. The lowest BCUT2D eigenvalue weighted by Gasteiger charge is -2.23. The van der Waals surface area contributed by atoms with Gasteiger partial charge < -0.3 is 15.0 Å². The van der Waals surface area contributed by atoms with Crippen LogP contribution in [0.2, 0.25) is 0 Å². The van der Waals surface area contributed by atoms with E-state index in [9.17, 15) is 9.59 Å². The molecule has 20 heavy (non-hydrogen) atoms. The van der Waals surface area contributed by atoms with E-state index in [4.69, 9.17) is 5.11 Å². The maximum Gasteiger partial charge on any atom is 0.254 e. The van der Waals surface area contributed by atoms with Crippen molar-refractivity contribution in [3.63, 3.8) is 0 Å². The molecule has 0 radical (unpaired) electrons. The van der Waals surface area contributed by atoms with Gasteiger partial charge in [-0.1, -0.05) is 15.9 Å². The maximum atomic E-state index is 12.5. The number of nitrogens with zero attached hydrogens (tertiary/aromatic N) is 1. The second kappa shape index (κ2) is 5.76. The van der Waals surface area contributed by atoms with Crippen LogP contribution in [0.25, 0.3) is 10.9 Å². The minimum atomic E-state index is -0.326. The SMILES string of the molecule is CC(CO)N(C)C(=O)c1cc(=O)[nH]c2ccc(Br)cc12. The van der Waals surface area contributed by atoms with Crippen LogP contribution in [-0.4, -0.2) is 40.6 Å². The molecule has 0 saturated carbocycles. The molecule has 0 saturated heterocycles. The number of carbonyl (C=O) groups excluding carboxylic acids is 1. The highest BCUT2D eigenvalue weighted by molar-refractivity contribution is 9.10. The summed E-state index contributed by atoms with van der Waals surface area (Å²) in [6, 6.07) is 6.30. The summed E-state index contributed by atoms with van der Waals surface area (Å²) in [5, 5.41) is 9.81. The summed E-state index contributed by atoms with van der Waals surface area (Å²) in [6.45, 7) is 1.61. The van der Waals surface area contributed by atoms with Crippen molar-refractivity contribution < 1.29 is 9.90 Å². The molecule has 2 rings (SSSR count). The number of pyridine rings is 1. The number of nitrogens with one attached hydrogen (secondary N) is 1. The molecule has 1 unspecified atom stereocenters. The first-order chi connectivity index (χ1) is 9.43. The summed E-state index contributed by atoms with van der Waals surface area (Å²) in [5.74, 6) is -0.291. The molecule has 0 aliphatic rings. The third-order valence-electron chi connectivity index (χ3n) is 3.28. The van der Waals surface area contributed by atoms with Gasteiger partial charge in [-0.05, 0) is 25.1 Å². The number of fused-ring (bicyclic) bond motifs is 1. The molecular weight excluding hydrogens is 324 g/mol. The van der Waals surface area contributed by atoms with Crippen LogP contribution in [0.3, 0.4) is 0 Å². The van der Waals surface area contributed by atoms with E-state index in [0.717, 1.165) is 4.47 Å². The molecule has 1 aromatic heterocycles. The molecule has 1 atom stereocenters. The van der Waals surface area contributed by atoms with Crippen molar-refractivity contribution in [2.24, 2.45) is 0 Å². The topological polar surface area (TPSA) is 73.4 Å². The number of hydrogen-bond donors (Lipinski definition) is 2. The minimum Gasteiger partial charge on any atom is -0.394 e. The Balaban J connectivity index is 2.61. The summed E-state index contributed by atoms with van der Waals surface area (Å²) in [5.41, 5.74) is 0.607. The minimum absolute atomic E-state index is 0.132. The molecule has 0 spiro atoms. The molecule has 2 aromatic rings. The third-order valence-corrected chi connectivity index (χ3v) is 3.77. The Bertz CT molecular complexity index is 711. The lowest BCUT2D eigenvalue weighted by molar-refractivity contribution is 0.0684. The lowest BCUT2D eigenvalue weighted by Crippen LogP contribution is -2.37. The number of rotatable bonds is 3. The Hall–Kier alpha value is -1.66. The Morgan fingerprint density at radius 2 is 2.15 bits per heavy atom. The summed E-state index contributed by atoms with van der Waals surface area (Å²) in [4.78, 5) is 28.3. The second-order valence-electron chi connectivity index (χ2n) is 4.68. The molecule has 106 valence electrons. The zero-order valence-corrected chi connectivity index (χ0v) is 12.8. The standard InChI is InChI=1S/C14H15BrN2O3/c1-8(7-18)17(2)14(20)11-6-13(19)16-12-4-3-9(15)5-10(11)12/h3-6,8,18H,7H2,1-2H3,(H,16,19). The molecule has 1 aromatic carbocycles. The number of hydrogen-bond acceptors (Lipinski definition) is 3. The molecule has 0 bridgehead atoms. The number of halogens is 1. The fraction of sp³-hybridized carbons (Fsp3) is 0.286. The van der Waals surface area contributed by atoms with Gasteiger partial charge in [0.05, 0.1) is 18.2 Å². The Morgan fingerprint density at radius 1 is 1.45 bits per heavy atom. The number of aliphatic hydroxyl groups is 1. The van der Waals surface area contributed by atoms with E-state index in [2.05, 4.69) is 20.9 Å². The molecule has 1 heterocycles. The zero-order valence-electron chi connectivity index (χ0n) is 11.2. The first kappa shape index (κ1) is 14.7. The summed E-state index contributed by atoms with van der Waals surface area (Å²) < 4.78 is 0.823. The van der Waals surface area contributed by atoms with Crippen LogP contribution in [-0.2, 0) is 0 Å². The van der Waals surface area contributed by atoms with E-state index in [1.807, 2.05) is 0 Å². The summed E-state index contributed by atoms with van der Waals surface area (Å²) in [7, 11) is 1.61. The fourth-order valence-electron chi connectivity index (χ4n) is 1.92. The number of aromatic nitrogens is 1. The molecule has 1 amide bonds. The van der Waals surface area contributed by atoms with Gasteiger partial charge in [-0.25, -0.2) is 0 Å². The zero-order chi connectivity index (χ0) is 14.9. The van der Waals surface area contributed by atoms with Crippen LogP contribution in [0.15, 0.2) is 33.5 Å². The van der Waals surface area contributed by atoms with E-state index < -0.39 is 0 Å². The molecular formula is C14H15BrN2O3. The maximum absolute atomic E-state index is 12.5. The van der Waals surface area contributed by atoms with Gasteiger partial charge in [0, 0.05) is 28.5 Å².